The molecule has 122 valence electrons. The molecular weight excluding hydrogens is 308 g/mol. The molecular formula is C17H16N4O3. The van der Waals surface area contributed by atoms with Crippen LogP contribution in [0.4, 0.5) is 5.69 Å². The van der Waals surface area contributed by atoms with Crippen molar-refractivity contribution in [1.29, 1.82) is 0 Å². The number of nitrogens with zero attached hydrogens (tertiary/aromatic N) is 3. The highest BCUT2D eigenvalue weighted by Gasteiger charge is 2.09. The number of aryl methyl sites for hydroxylation is 2. The van der Waals surface area contributed by atoms with Gasteiger partial charge >= 0.3 is 0 Å². The molecule has 0 radical (unpaired) electrons. The van der Waals surface area contributed by atoms with Crippen LogP contribution in [0.2, 0.25) is 0 Å². The molecule has 24 heavy (non-hydrogen) atoms. The number of amides is 1. The van der Waals surface area contributed by atoms with Crippen molar-refractivity contribution < 1.29 is 13.9 Å². The van der Waals surface area contributed by atoms with E-state index in [-0.39, 0.29) is 12.5 Å². The normalized spacial score (nSPS) is 10.4. The van der Waals surface area contributed by atoms with E-state index < -0.39 is 0 Å². The standard InChI is InChI=1S/C17H16N4O3/c1-11-15(4-3-9-18-11)17(22)19-13-5-7-14(8-6-13)23-10-16-21-20-12(2)24-16/h3-9H,10H2,1-2H3,(H,19,22). The zero-order chi connectivity index (χ0) is 16.9. The van der Waals surface area contributed by atoms with E-state index in [1.807, 2.05) is 0 Å². The largest absolute Gasteiger partial charge is 0.484 e. The number of nitrogens with one attached hydrogen (secondary N) is 1. The van der Waals surface area contributed by atoms with E-state index >= 15 is 0 Å². The van der Waals surface area contributed by atoms with E-state index in [9.17, 15) is 4.79 Å². The topological polar surface area (TPSA) is 90.1 Å². The lowest BCUT2D eigenvalue weighted by atomic mass is 10.2. The predicted octanol–water partition coefficient (Wildman–Crippen LogP) is 2.91. The Labute approximate surface area is 138 Å². The van der Waals surface area contributed by atoms with Crippen molar-refractivity contribution >= 4 is 11.6 Å². The summed E-state index contributed by atoms with van der Waals surface area (Å²) in [6, 6.07) is 10.5. The van der Waals surface area contributed by atoms with Crippen LogP contribution in [0.1, 0.15) is 27.8 Å². The molecule has 0 unspecified atom stereocenters. The molecule has 7 heteroatoms. The maximum atomic E-state index is 12.2. The number of hydrogen-bond acceptors (Lipinski definition) is 6. The molecule has 1 N–H and O–H groups in total. The van der Waals surface area contributed by atoms with Gasteiger partial charge in [-0.05, 0) is 43.3 Å². The van der Waals surface area contributed by atoms with Gasteiger partial charge in [-0.3, -0.25) is 9.78 Å². The first-order valence-corrected chi connectivity index (χ1v) is 7.36. The second-order valence-electron chi connectivity index (χ2n) is 5.12. The summed E-state index contributed by atoms with van der Waals surface area (Å²) in [6.07, 6.45) is 1.66. The summed E-state index contributed by atoms with van der Waals surface area (Å²) in [6.45, 7) is 3.71. The van der Waals surface area contributed by atoms with Crippen molar-refractivity contribution in [2.75, 3.05) is 5.32 Å². The molecule has 2 heterocycles. The highest BCUT2D eigenvalue weighted by molar-refractivity contribution is 6.04. The van der Waals surface area contributed by atoms with Crippen LogP contribution in [0.15, 0.2) is 47.0 Å². The zero-order valence-electron chi connectivity index (χ0n) is 13.3. The average Bonchev–Trinajstić information content (AvgIpc) is 3.00. The number of ether oxygens (including phenoxy) is 1. The van der Waals surface area contributed by atoms with E-state index in [0.29, 0.717) is 34.5 Å². The number of anilines is 1. The second kappa shape index (κ2) is 6.91. The third kappa shape index (κ3) is 3.75. The summed E-state index contributed by atoms with van der Waals surface area (Å²) in [5.41, 5.74) is 1.90. The van der Waals surface area contributed by atoms with E-state index in [1.165, 1.54) is 0 Å². The van der Waals surface area contributed by atoms with Gasteiger partial charge in [0.1, 0.15) is 5.75 Å². The highest BCUT2D eigenvalue weighted by Crippen LogP contribution is 2.18. The Morgan fingerprint density at radius 1 is 1.17 bits per heavy atom. The van der Waals surface area contributed by atoms with Gasteiger partial charge in [0.25, 0.3) is 11.8 Å². The SMILES string of the molecule is Cc1nnc(COc2ccc(NC(=O)c3cccnc3C)cc2)o1. The fraction of sp³-hybridized carbons (Fsp3) is 0.176. The van der Waals surface area contributed by atoms with Crippen molar-refractivity contribution in [1.82, 2.24) is 15.2 Å². The van der Waals surface area contributed by atoms with E-state index in [4.69, 9.17) is 9.15 Å². The number of carbonyl (C=O) groups excluding carboxylic acids is 1. The molecule has 0 spiro atoms. The Bertz CT molecular complexity index is 843. The van der Waals surface area contributed by atoms with Crippen molar-refractivity contribution in [3.63, 3.8) is 0 Å². The smallest absolute Gasteiger partial charge is 0.257 e. The molecule has 1 amide bonds. The van der Waals surface area contributed by atoms with Crippen LogP contribution in [-0.4, -0.2) is 21.1 Å². The lowest BCUT2D eigenvalue weighted by Crippen LogP contribution is -2.13. The van der Waals surface area contributed by atoms with Crippen LogP contribution in [0.25, 0.3) is 0 Å². The minimum absolute atomic E-state index is 0.196. The number of aromatic nitrogens is 3. The third-order valence-corrected chi connectivity index (χ3v) is 3.29. The van der Waals surface area contributed by atoms with Gasteiger partial charge in [-0.25, -0.2) is 0 Å². The van der Waals surface area contributed by atoms with Gasteiger partial charge in [0, 0.05) is 24.5 Å². The van der Waals surface area contributed by atoms with Crippen LogP contribution in [0.3, 0.4) is 0 Å². The fourth-order valence-corrected chi connectivity index (χ4v) is 2.10. The van der Waals surface area contributed by atoms with Crippen molar-refractivity contribution in [3.8, 4) is 5.75 Å². The minimum atomic E-state index is -0.199. The van der Waals surface area contributed by atoms with Gasteiger partial charge in [-0.15, -0.1) is 10.2 Å². The van der Waals surface area contributed by atoms with Crippen molar-refractivity contribution in [2.24, 2.45) is 0 Å². The summed E-state index contributed by atoms with van der Waals surface area (Å²) < 4.78 is 10.8. The number of carbonyl (C=O) groups is 1. The van der Waals surface area contributed by atoms with Gasteiger partial charge in [0.15, 0.2) is 6.61 Å². The van der Waals surface area contributed by atoms with Crippen LogP contribution >= 0.6 is 0 Å². The van der Waals surface area contributed by atoms with Crippen LogP contribution < -0.4 is 10.1 Å². The van der Waals surface area contributed by atoms with Gasteiger partial charge in [0.2, 0.25) is 5.89 Å². The monoisotopic (exact) mass is 324 g/mol. The highest BCUT2D eigenvalue weighted by atomic mass is 16.5. The fourth-order valence-electron chi connectivity index (χ4n) is 2.10. The molecule has 3 aromatic rings. The summed E-state index contributed by atoms with van der Waals surface area (Å²) in [7, 11) is 0. The summed E-state index contributed by atoms with van der Waals surface area (Å²) in [4.78, 5) is 16.3. The average molecular weight is 324 g/mol. The lowest BCUT2D eigenvalue weighted by Gasteiger charge is -2.08. The van der Waals surface area contributed by atoms with Gasteiger partial charge in [0.05, 0.1) is 5.56 Å². The number of pyridine rings is 1. The Kier molecular flexibility index (Phi) is 4.51. The maximum absolute atomic E-state index is 12.2. The first kappa shape index (κ1) is 15.7. The Balaban J connectivity index is 1.60. The minimum Gasteiger partial charge on any atom is -0.484 e. The Morgan fingerprint density at radius 3 is 2.62 bits per heavy atom. The quantitative estimate of drug-likeness (QED) is 0.776. The first-order valence-electron chi connectivity index (χ1n) is 7.36. The molecule has 0 atom stereocenters. The molecule has 0 saturated carbocycles. The second-order valence-corrected chi connectivity index (χ2v) is 5.12. The van der Waals surface area contributed by atoms with Gasteiger partial charge in [-0.1, -0.05) is 0 Å². The number of rotatable bonds is 5. The van der Waals surface area contributed by atoms with E-state index in [0.717, 1.165) is 0 Å². The Hall–Kier alpha value is -3.22. The maximum Gasteiger partial charge on any atom is 0.257 e. The molecule has 2 aromatic heterocycles. The van der Waals surface area contributed by atoms with Crippen LogP contribution in [0.5, 0.6) is 5.75 Å². The molecule has 0 fully saturated rings. The summed E-state index contributed by atoms with van der Waals surface area (Å²) in [5, 5.41) is 10.4. The predicted molar refractivity (Wildman–Crippen MR) is 86.7 cm³/mol. The van der Waals surface area contributed by atoms with E-state index in [1.54, 1.807) is 56.4 Å². The molecule has 1 aromatic carbocycles. The number of benzene rings is 1. The molecule has 7 nitrogen and oxygen atoms in total. The lowest BCUT2D eigenvalue weighted by molar-refractivity contribution is 0.102. The molecule has 0 aliphatic carbocycles. The molecule has 0 saturated heterocycles. The Morgan fingerprint density at radius 2 is 1.96 bits per heavy atom. The zero-order valence-corrected chi connectivity index (χ0v) is 13.3. The molecule has 0 aliphatic rings. The summed E-state index contributed by atoms with van der Waals surface area (Å²) in [5.74, 6) is 1.35. The summed E-state index contributed by atoms with van der Waals surface area (Å²) >= 11 is 0. The van der Waals surface area contributed by atoms with Gasteiger partial charge < -0.3 is 14.5 Å². The van der Waals surface area contributed by atoms with Crippen molar-refractivity contribution in [3.05, 3.63) is 65.6 Å². The van der Waals surface area contributed by atoms with Crippen molar-refractivity contribution in [2.45, 2.75) is 20.5 Å². The van der Waals surface area contributed by atoms with Crippen LogP contribution in [-0.2, 0) is 6.61 Å². The molecule has 3 rings (SSSR count). The molecule has 0 aliphatic heterocycles. The van der Waals surface area contributed by atoms with E-state index in [2.05, 4.69) is 20.5 Å². The first-order chi connectivity index (χ1) is 11.6. The van der Waals surface area contributed by atoms with Gasteiger partial charge in [-0.2, -0.15) is 0 Å². The van der Waals surface area contributed by atoms with Crippen LogP contribution in [0, 0.1) is 13.8 Å². The third-order valence-electron chi connectivity index (χ3n) is 3.29. The number of hydrogen-bond donors (Lipinski definition) is 1. The molecule has 0 bridgehead atoms.